The molecule has 10 nitrogen and oxygen atoms in total. The molecule has 36 heavy (non-hydrogen) atoms. The number of quaternary nitrogens is 1. The van der Waals surface area contributed by atoms with E-state index in [2.05, 4.69) is 6.07 Å². The van der Waals surface area contributed by atoms with Crippen LogP contribution in [0.2, 0.25) is 0 Å². The maximum absolute atomic E-state index is 13.9. The van der Waals surface area contributed by atoms with Crippen LogP contribution in [0.3, 0.4) is 0 Å². The maximum atomic E-state index is 13.9. The van der Waals surface area contributed by atoms with Gasteiger partial charge in [-0.2, -0.15) is 5.26 Å². The van der Waals surface area contributed by atoms with Crippen molar-refractivity contribution in [3.05, 3.63) is 56.8 Å². The first-order valence-corrected chi connectivity index (χ1v) is 12.0. The van der Waals surface area contributed by atoms with Gasteiger partial charge in [-0.3, -0.25) is 4.79 Å². The number of aromatic nitrogens is 1. The van der Waals surface area contributed by atoms with Crippen LogP contribution in [0.5, 0.6) is 23.0 Å². The Morgan fingerprint density at radius 3 is 2.53 bits per heavy atom. The normalized spacial score (nSPS) is 17.7. The van der Waals surface area contributed by atoms with Gasteiger partial charge in [0.05, 0.1) is 52.6 Å². The SMILES string of the molecule is COc1ccc([C@H]2C(C#N)=C(N)Oc3cc(C)n(CCC[NH+]4CCOCC4)c(=O)c32)c(OC)c1OC. The predicted molar refractivity (Wildman–Crippen MR) is 132 cm³/mol. The lowest BCUT2D eigenvalue weighted by molar-refractivity contribution is -0.908. The lowest BCUT2D eigenvalue weighted by atomic mass is 9.83. The van der Waals surface area contributed by atoms with Crippen LogP contribution in [-0.2, 0) is 11.3 Å². The fourth-order valence-corrected chi connectivity index (χ4v) is 5.02. The van der Waals surface area contributed by atoms with Crippen molar-refractivity contribution < 1.29 is 28.6 Å². The first-order chi connectivity index (χ1) is 17.4. The molecule has 1 aromatic carbocycles. The highest BCUT2D eigenvalue weighted by molar-refractivity contribution is 5.64. The fourth-order valence-electron chi connectivity index (χ4n) is 5.02. The number of benzene rings is 1. The van der Waals surface area contributed by atoms with Crippen molar-refractivity contribution in [1.29, 1.82) is 5.26 Å². The highest BCUT2D eigenvalue weighted by atomic mass is 16.5. The molecule has 1 aromatic heterocycles. The van der Waals surface area contributed by atoms with Gasteiger partial charge in [0.15, 0.2) is 11.5 Å². The monoisotopic (exact) mass is 497 g/mol. The highest BCUT2D eigenvalue weighted by Crippen LogP contribution is 2.48. The average molecular weight is 498 g/mol. The summed E-state index contributed by atoms with van der Waals surface area (Å²) in [6.07, 6.45) is 0.836. The van der Waals surface area contributed by atoms with Gasteiger partial charge in [-0.1, -0.05) is 6.07 Å². The summed E-state index contributed by atoms with van der Waals surface area (Å²) in [5, 5.41) is 10.0. The minimum absolute atomic E-state index is 0.0423. The number of rotatable bonds is 8. The molecule has 1 fully saturated rings. The van der Waals surface area contributed by atoms with Gasteiger partial charge in [-0.15, -0.1) is 0 Å². The molecule has 2 aromatic rings. The number of nitrogens with two attached hydrogens (primary N) is 1. The van der Waals surface area contributed by atoms with Crippen molar-refractivity contribution in [2.45, 2.75) is 25.8 Å². The smallest absolute Gasteiger partial charge is 0.258 e. The minimum Gasteiger partial charge on any atom is -0.493 e. The number of morpholine rings is 1. The highest BCUT2D eigenvalue weighted by Gasteiger charge is 2.37. The van der Waals surface area contributed by atoms with Gasteiger partial charge >= 0.3 is 0 Å². The number of fused-ring (bicyclic) bond motifs is 1. The molecule has 0 aliphatic carbocycles. The van der Waals surface area contributed by atoms with E-state index in [1.165, 1.54) is 26.2 Å². The molecule has 1 atom stereocenters. The number of pyridine rings is 1. The van der Waals surface area contributed by atoms with Crippen LogP contribution in [0.25, 0.3) is 0 Å². The van der Waals surface area contributed by atoms with E-state index in [-0.39, 0.29) is 17.0 Å². The van der Waals surface area contributed by atoms with Crippen LogP contribution >= 0.6 is 0 Å². The summed E-state index contributed by atoms with van der Waals surface area (Å²) in [6.45, 7) is 6.86. The summed E-state index contributed by atoms with van der Waals surface area (Å²) in [4.78, 5) is 15.4. The molecule has 0 saturated carbocycles. The largest absolute Gasteiger partial charge is 0.493 e. The second-order valence-corrected chi connectivity index (χ2v) is 8.83. The van der Waals surface area contributed by atoms with Crippen LogP contribution in [0.4, 0.5) is 0 Å². The number of allylic oxidation sites excluding steroid dienone is 1. The Bertz CT molecular complexity index is 1260. The van der Waals surface area contributed by atoms with E-state index in [1.54, 1.807) is 22.8 Å². The molecule has 10 heteroatoms. The van der Waals surface area contributed by atoms with Crippen molar-refractivity contribution in [2.24, 2.45) is 5.73 Å². The van der Waals surface area contributed by atoms with Crippen LogP contribution in [0, 0.1) is 18.3 Å². The lowest BCUT2D eigenvalue weighted by Gasteiger charge is -2.29. The molecule has 0 radical (unpaired) electrons. The van der Waals surface area contributed by atoms with E-state index < -0.39 is 5.92 Å². The summed E-state index contributed by atoms with van der Waals surface area (Å²) in [5.74, 6) is 0.690. The topological polar surface area (TPSA) is 122 Å². The molecule has 1 saturated heterocycles. The van der Waals surface area contributed by atoms with E-state index in [9.17, 15) is 10.1 Å². The van der Waals surface area contributed by atoms with Crippen molar-refractivity contribution in [2.75, 3.05) is 54.2 Å². The second kappa shape index (κ2) is 10.9. The molecule has 4 rings (SSSR count). The maximum Gasteiger partial charge on any atom is 0.258 e. The number of hydrogen-bond acceptors (Lipinski definition) is 8. The zero-order chi connectivity index (χ0) is 25.8. The number of nitriles is 1. The number of nitrogens with one attached hydrogen (secondary N) is 1. The average Bonchev–Trinajstić information content (AvgIpc) is 2.89. The Morgan fingerprint density at radius 2 is 1.89 bits per heavy atom. The molecule has 2 aliphatic rings. The summed E-state index contributed by atoms with van der Waals surface area (Å²) in [6, 6.07) is 7.43. The van der Waals surface area contributed by atoms with Crippen molar-refractivity contribution in [3.63, 3.8) is 0 Å². The summed E-state index contributed by atoms with van der Waals surface area (Å²) in [5.41, 5.74) is 7.75. The molecule has 192 valence electrons. The molecule has 0 amide bonds. The fraction of sp³-hybridized carbons (Fsp3) is 0.462. The van der Waals surface area contributed by atoms with E-state index in [0.717, 1.165) is 45.0 Å². The standard InChI is InChI=1S/C26H32N4O6/c1-16-14-20-22(26(31)30(16)9-5-8-29-10-12-35-13-11-29)21(18(15-27)25(28)36-20)17-6-7-19(32-2)24(34-4)23(17)33-3/h6-7,14,21H,5,8-13,28H2,1-4H3/p+1/t21-/m0/s1. The Labute approximate surface area is 210 Å². The molecule has 0 spiro atoms. The lowest BCUT2D eigenvalue weighted by Crippen LogP contribution is -3.14. The quantitative estimate of drug-likeness (QED) is 0.547. The third-order valence-corrected chi connectivity index (χ3v) is 6.85. The van der Waals surface area contributed by atoms with Gasteiger partial charge in [0.1, 0.15) is 30.5 Å². The number of ether oxygens (including phenoxy) is 5. The molecule has 3 N–H and O–H groups in total. The number of nitrogens with zero attached hydrogens (tertiary/aromatic N) is 2. The van der Waals surface area contributed by atoms with Gasteiger partial charge in [-0.05, 0) is 13.0 Å². The van der Waals surface area contributed by atoms with Gasteiger partial charge in [0, 0.05) is 30.3 Å². The molecular weight excluding hydrogens is 464 g/mol. The molecule has 3 heterocycles. The predicted octanol–water partition coefficient (Wildman–Crippen LogP) is 0.706. The van der Waals surface area contributed by atoms with Crippen LogP contribution < -0.4 is 35.1 Å². The third kappa shape index (κ3) is 4.59. The molecule has 0 unspecified atom stereocenters. The van der Waals surface area contributed by atoms with Crippen LogP contribution in [-0.4, -0.2) is 58.7 Å². The number of aryl methyl sites for hydroxylation is 1. The van der Waals surface area contributed by atoms with Crippen LogP contribution in [0.1, 0.15) is 29.2 Å². The zero-order valence-corrected chi connectivity index (χ0v) is 21.2. The number of methoxy groups -OCH3 is 3. The third-order valence-electron chi connectivity index (χ3n) is 6.85. The Kier molecular flexibility index (Phi) is 7.72. The Hall–Kier alpha value is -3.68. The second-order valence-electron chi connectivity index (χ2n) is 8.83. The van der Waals surface area contributed by atoms with Crippen LogP contribution in [0.15, 0.2) is 34.4 Å². The van der Waals surface area contributed by atoms with Crippen molar-refractivity contribution in [3.8, 4) is 29.1 Å². The summed E-state index contributed by atoms with van der Waals surface area (Å²) < 4.78 is 29.6. The van der Waals surface area contributed by atoms with Gasteiger partial charge in [0.2, 0.25) is 11.6 Å². The first-order valence-electron chi connectivity index (χ1n) is 12.0. The number of hydrogen-bond donors (Lipinski definition) is 2. The first kappa shape index (κ1) is 25.4. The van der Waals surface area contributed by atoms with E-state index >= 15 is 0 Å². The van der Waals surface area contributed by atoms with Crippen molar-refractivity contribution in [1.82, 2.24) is 4.57 Å². The van der Waals surface area contributed by atoms with Gasteiger partial charge in [0.25, 0.3) is 5.56 Å². The molecule has 0 bridgehead atoms. The molecule has 2 aliphatic heterocycles. The zero-order valence-electron chi connectivity index (χ0n) is 21.2. The van der Waals surface area contributed by atoms with E-state index in [4.69, 9.17) is 29.4 Å². The summed E-state index contributed by atoms with van der Waals surface area (Å²) in [7, 11) is 4.53. The van der Waals surface area contributed by atoms with E-state index in [0.29, 0.717) is 40.7 Å². The van der Waals surface area contributed by atoms with Gasteiger partial charge in [-0.25, -0.2) is 0 Å². The van der Waals surface area contributed by atoms with E-state index in [1.807, 2.05) is 6.92 Å². The molecular formula is C26H33N4O6+. The Morgan fingerprint density at radius 1 is 1.17 bits per heavy atom. The minimum atomic E-state index is -0.794. The Balaban J connectivity index is 1.80. The van der Waals surface area contributed by atoms with Gasteiger partial charge < -0.3 is 38.9 Å². The van der Waals surface area contributed by atoms with Crippen molar-refractivity contribution >= 4 is 0 Å². The summed E-state index contributed by atoms with van der Waals surface area (Å²) >= 11 is 0.